The van der Waals surface area contributed by atoms with E-state index in [1.54, 1.807) is 5.56 Å². The van der Waals surface area contributed by atoms with Crippen LogP contribution in [0.25, 0.3) is 0 Å². The van der Waals surface area contributed by atoms with E-state index in [0.717, 1.165) is 19.0 Å². The Morgan fingerprint density at radius 1 is 1.10 bits per heavy atom. The minimum absolute atomic E-state index is 0. The summed E-state index contributed by atoms with van der Waals surface area (Å²) in [6.45, 7) is 9.20. The molecule has 1 aromatic carbocycles. The molecular weight excluding hydrogens is 303 g/mol. The molecule has 1 saturated carbocycles. The maximum atomic E-state index is 3.48. The Hall–Kier alpha value is -0.280. The van der Waals surface area contributed by atoms with Crippen molar-refractivity contribution in [1.29, 1.82) is 0 Å². The minimum Gasteiger partial charge on any atom is -0.314 e. The molecule has 0 aromatic heterocycles. The predicted octanol–water partition coefficient (Wildman–Crippen LogP) is 3.89. The lowest BCUT2D eigenvalue weighted by Gasteiger charge is -2.44. The van der Waals surface area contributed by atoms with E-state index in [1.165, 1.54) is 43.5 Å². The van der Waals surface area contributed by atoms with Crippen molar-refractivity contribution in [3.8, 4) is 0 Å². The lowest BCUT2D eigenvalue weighted by Crippen LogP contribution is -2.48. The highest BCUT2D eigenvalue weighted by molar-refractivity contribution is 5.85. The number of aryl methyl sites for hydroxylation is 2. The third kappa shape index (κ3) is 4.13. The summed E-state index contributed by atoms with van der Waals surface area (Å²) in [5, 5.41) is 3.48. The standard InChI is InChI=1S/C17H26N2.2ClH/c1-13-6-7-14(2)16(12-13)17(15-4-3-5-15)19-10-8-18-9-11-19;;/h6-7,12,15,17-18H,3-5,8-11H2,1-2H3;2*1H/t17-;;/m0../s1. The fourth-order valence-electron chi connectivity index (χ4n) is 3.54. The molecular formula is C17H28Cl2N2. The van der Waals surface area contributed by atoms with Crippen LogP contribution in [0.2, 0.25) is 0 Å². The van der Waals surface area contributed by atoms with Crippen LogP contribution in [0, 0.1) is 19.8 Å². The first-order valence-electron chi connectivity index (χ1n) is 7.77. The van der Waals surface area contributed by atoms with Gasteiger partial charge in [-0.15, -0.1) is 24.8 Å². The van der Waals surface area contributed by atoms with Crippen LogP contribution in [0.5, 0.6) is 0 Å². The van der Waals surface area contributed by atoms with Gasteiger partial charge in [0.05, 0.1) is 0 Å². The maximum absolute atomic E-state index is 3.48. The van der Waals surface area contributed by atoms with Crippen LogP contribution in [-0.2, 0) is 0 Å². The Balaban J connectivity index is 0.00000110. The number of hydrogen-bond donors (Lipinski definition) is 1. The van der Waals surface area contributed by atoms with E-state index in [0.29, 0.717) is 6.04 Å². The van der Waals surface area contributed by atoms with Crippen molar-refractivity contribution in [2.45, 2.75) is 39.2 Å². The van der Waals surface area contributed by atoms with E-state index in [1.807, 2.05) is 0 Å². The molecule has 0 amide bonds. The molecule has 3 rings (SSSR count). The molecule has 1 aromatic rings. The molecule has 0 spiro atoms. The predicted molar refractivity (Wildman–Crippen MR) is 94.9 cm³/mol. The molecule has 1 atom stereocenters. The van der Waals surface area contributed by atoms with Gasteiger partial charge in [-0.25, -0.2) is 0 Å². The van der Waals surface area contributed by atoms with Gasteiger partial charge in [0.1, 0.15) is 0 Å². The first-order chi connectivity index (χ1) is 9.25. The molecule has 21 heavy (non-hydrogen) atoms. The number of nitrogens with one attached hydrogen (secondary N) is 1. The van der Waals surface area contributed by atoms with Gasteiger partial charge in [-0.2, -0.15) is 0 Å². The average molecular weight is 331 g/mol. The van der Waals surface area contributed by atoms with Crippen molar-refractivity contribution in [2.75, 3.05) is 26.2 Å². The van der Waals surface area contributed by atoms with Gasteiger partial charge in [-0.3, -0.25) is 4.90 Å². The Morgan fingerprint density at radius 3 is 2.33 bits per heavy atom. The number of nitrogens with zero attached hydrogens (tertiary/aromatic N) is 1. The summed E-state index contributed by atoms with van der Waals surface area (Å²) >= 11 is 0. The first-order valence-corrected chi connectivity index (χ1v) is 7.77. The molecule has 2 fully saturated rings. The van der Waals surface area contributed by atoms with Crippen LogP contribution in [0.15, 0.2) is 18.2 Å². The first kappa shape index (κ1) is 18.8. The summed E-state index contributed by atoms with van der Waals surface area (Å²) in [7, 11) is 0. The Bertz CT molecular complexity index is 440. The molecule has 2 nitrogen and oxygen atoms in total. The normalized spacial score (nSPS) is 20.9. The lowest BCUT2D eigenvalue weighted by molar-refractivity contribution is 0.0832. The second kappa shape index (κ2) is 8.38. The molecule has 1 aliphatic carbocycles. The summed E-state index contributed by atoms with van der Waals surface area (Å²) in [5.41, 5.74) is 4.47. The van der Waals surface area contributed by atoms with Crippen molar-refractivity contribution in [1.82, 2.24) is 10.2 Å². The van der Waals surface area contributed by atoms with Crippen LogP contribution in [0.1, 0.15) is 42.0 Å². The van der Waals surface area contributed by atoms with Gasteiger partial charge in [0.25, 0.3) is 0 Å². The number of rotatable bonds is 3. The number of benzene rings is 1. The molecule has 0 radical (unpaired) electrons. The smallest absolute Gasteiger partial charge is 0.0380 e. The Morgan fingerprint density at radius 2 is 1.76 bits per heavy atom. The topological polar surface area (TPSA) is 15.3 Å². The van der Waals surface area contributed by atoms with Gasteiger partial charge in [0.15, 0.2) is 0 Å². The zero-order valence-electron chi connectivity index (χ0n) is 13.1. The highest BCUT2D eigenvalue weighted by Crippen LogP contribution is 2.42. The van der Waals surface area contributed by atoms with E-state index in [9.17, 15) is 0 Å². The van der Waals surface area contributed by atoms with E-state index in [-0.39, 0.29) is 24.8 Å². The summed E-state index contributed by atoms with van der Waals surface area (Å²) in [5.74, 6) is 0.888. The lowest BCUT2D eigenvalue weighted by atomic mass is 9.75. The quantitative estimate of drug-likeness (QED) is 0.904. The highest BCUT2D eigenvalue weighted by Gasteiger charge is 2.34. The van der Waals surface area contributed by atoms with Gasteiger partial charge in [0, 0.05) is 32.2 Å². The van der Waals surface area contributed by atoms with E-state index in [4.69, 9.17) is 0 Å². The summed E-state index contributed by atoms with van der Waals surface area (Å²) in [6.07, 6.45) is 4.27. The molecule has 4 heteroatoms. The number of piperazine rings is 1. The maximum Gasteiger partial charge on any atom is 0.0380 e. The van der Waals surface area contributed by atoms with Crippen LogP contribution < -0.4 is 5.32 Å². The van der Waals surface area contributed by atoms with Crippen LogP contribution >= 0.6 is 24.8 Å². The zero-order valence-corrected chi connectivity index (χ0v) is 14.7. The van der Waals surface area contributed by atoms with Gasteiger partial charge in [0.2, 0.25) is 0 Å². The largest absolute Gasteiger partial charge is 0.314 e. The van der Waals surface area contributed by atoms with Crippen molar-refractivity contribution >= 4 is 24.8 Å². The molecule has 1 heterocycles. The molecule has 1 aliphatic heterocycles. The average Bonchev–Trinajstić information content (AvgIpc) is 2.38. The van der Waals surface area contributed by atoms with Crippen molar-refractivity contribution in [3.05, 3.63) is 34.9 Å². The van der Waals surface area contributed by atoms with Gasteiger partial charge in [-0.1, -0.05) is 30.2 Å². The van der Waals surface area contributed by atoms with E-state index in [2.05, 4.69) is 42.3 Å². The van der Waals surface area contributed by atoms with Gasteiger partial charge < -0.3 is 5.32 Å². The molecule has 1 saturated heterocycles. The summed E-state index contributed by atoms with van der Waals surface area (Å²) in [4.78, 5) is 2.72. The molecule has 120 valence electrons. The van der Waals surface area contributed by atoms with Crippen molar-refractivity contribution in [2.24, 2.45) is 5.92 Å². The number of halogens is 2. The van der Waals surface area contributed by atoms with Crippen LogP contribution in [0.4, 0.5) is 0 Å². The van der Waals surface area contributed by atoms with E-state index >= 15 is 0 Å². The van der Waals surface area contributed by atoms with Crippen molar-refractivity contribution < 1.29 is 0 Å². The third-order valence-corrected chi connectivity index (χ3v) is 4.89. The Kier molecular flexibility index (Phi) is 7.49. The minimum atomic E-state index is 0. The van der Waals surface area contributed by atoms with Gasteiger partial charge >= 0.3 is 0 Å². The molecule has 2 aliphatic rings. The zero-order chi connectivity index (χ0) is 13.2. The number of hydrogen-bond acceptors (Lipinski definition) is 2. The fraction of sp³-hybridized carbons (Fsp3) is 0.647. The summed E-state index contributed by atoms with van der Waals surface area (Å²) in [6, 6.07) is 7.64. The Labute approximate surface area is 141 Å². The van der Waals surface area contributed by atoms with Crippen LogP contribution in [0.3, 0.4) is 0 Å². The highest BCUT2D eigenvalue weighted by atomic mass is 35.5. The van der Waals surface area contributed by atoms with Crippen LogP contribution in [-0.4, -0.2) is 31.1 Å². The van der Waals surface area contributed by atoms with Gasteiger partial charge in [-0.05, 0) is 43.7 Å². The second-order valence-corrected chi connectivity index (χ2v) is 6.28. The van der Waals surface area contributed by atoms with E-state index < -0.39 is 0 Å². The molecule has 0 bridgehead atoms. The third-order valence-electron chi connectivity index (χ3n) is 4.89. The molecule has 1 N–H and O–H groups in total. The SMILES string of the molecule is Cc1ccc(C)c([C@H](C2CCC2)N2CCNCC2)c1.Cl.Cl. The second-order valence-electron chi connectivity index (χ2n) is 6.28. The summed E-state index contributed by atoms with van der Waals surface area (Å²) < 4.78 is 0. The fourth-order valence-corrected chi connectivity index (χ4v) is 3.54. The molecule has 0 unspecified atom stereocenters. The van der Waals surface area contributed by atoms with Crippen molar-refractivity contribution in [3.63, 3.8) is 0 Å². The monoisotopic (exact) mass is 330 g/mol.